The monoisotopic (exact) mass is 319 g/mol. The van der Waals surface area contributed by atoms with Gasteiger partial charge < -0.3 is 5.73 Å². The fourth-order valence-electron chi connectivity index (χ4n) is 0.885. The Morgan fingerprint density at radius 2 is 2.07 bits per heavy atom. The predicted molar refractivity (Wildman–Crippen MR) is 62.3 cm³/mol. The SMILES string of the molecule is NCCC#Cc1c(F)cc(Br)cc1Br. The van der Waals surface area contributed by atoms with Crippen LogP contribution in [0.5, 0.6) is 0 Å². The summed E-state index contributed by atoms with van der Waals surface area (Å²) in [7, 11) is 0. The van der Waals surface area contributed by atoms with Crippen LogP contribution in [-0.4, -0.2) is 6.54 Å². The quantitative estimate of drug-likeness (QED) is 0.791. The van der Waals surface area contributed by atoms with E-state index in [2.05, 4.69) is 43.7 Å². The van der Waals surface area contributed by atoms with Crippen molar-refractivity contribution in [3.05, 3.63) is 32.5 Å². The van der Waals surface area contributed by atoms with Crippen LogP contribution in [0.2, 0.25) is 0 Å². The van der Waals surface area contributed by atoms with Crippen LogP contribution in [0, 0.1) is 17.7 Å². The first-order chi connectivity index (χ1) is 6.65. The van der Waals surface area contributed by atoms with Gasteiger partial charge in [0.25, 0.3) is 0 Å². The van der Waals surface area contributed by atoms with Crippen molar-refractivity contribution in [3.63, 3.8) is 0 Å². The first kappa shape index (κ1) is 11.7. The zero-order valence-electron chi connectivity index (χ0n) is 7.28. The predicted octanol–water partition coefficient (Wildman–Crippen LogP) is 3.05. The van der Waals surface area contributed by atoms with E-state index in [9.17, 15) is 4.39 Å². The molecular weight excluding hydrogens is 313 g/mol. The topological polar surface area (TPSA) is 26.0 Å². The number of hydrogen-bond acceptors (Lipinski definition) is 1. The zero-order chi connectivity index (χ0) is 10.6. The fourth-order valence-corrected chi connectivity index (χ4v) is 2.16. The third-order valence-electron chi connectivity index (χ3n) is 1.49. The summed E-state index contributed by atoms with van der Waals surface area (Å²) in [6.45, 7) is 0.489. The molecule has 0 radical (unpaired) electrons. The molecule has 0 atom stereocenters. The van der Waals surface area contributed by atoms with E-state index in [0.717, 1.165) is 0 Å². The second-order valence-electron chi connectivity index (χ2n) is 2.58. The molecule has 0 saturated heterocycles. The molecule has 0 aliphatic heterocycles. The molecule has 0 fully saturated rings. The van der Waals surface area contributed by atoms with E-state index in [-0.39, 0.29) is 5.82 Å². The first-order valence-corrected chi connectivity index (χ1v) is 5.57. The minimum Gasteiger partial charge on any atom is -0.330 e. The molecule has 0 aliphatic carbocycles. The highest BCUT2D eigenvalue weighted by Gasteiger charge is 2.05. The third kappa shape index (κ3) is 3.09. The van der Waals surface area contributed by atoms with E-state index in [0.29, 0.717) is 27.5 Å². The molecule has 74 valence electrons. The Balaban J connectivity index is 3.04. The second kappa shape index (κ2) is 5.50. The summed E-state index contributed by atoms with van der Waals surface area (Å²) >= 11 is 6.44. The molecule has 0 unspecified atom stereocenters. The molecule has 0 aromatic heterocycles. The molecule has 2 N–H and O–H groups in total. The average Bonchev–Trinajstić information content (AvgIpc) is 2.09. The van der Waals surface area contributed by atoms with Crippen molar-refractivity contribution in [3.8, 4) is 11.8 Å². The van der Waals surface area contributed by atoms with Crippen molar-refractivity contribution in [2.45, 2.75) is 6.42 Å². The van der Waals surface area contributed by atoms with Gasteiger partial charge in [0.05, 0.1) is 5.56 Å². The molecule has 1 aromatic carbocycles. The molecule has 0 heterocycles. The lowest BCUT2D eigenvalue weighted by atomic mass is 10.2. The maximum atomic E-state index is 13.3. The Morgan fingerprint density at radius 1 is 1.36 bits per heavy atom. The van der Waals surface area contributed by atoms with E-state index < -0.39 is 0 Å². The van der Waals surface area contributed by atoms with E-state index in [1.807, 2.05) is 0 Å². The summed E-state index contributed by atoms with van der Waals surface area (Å²) in [5.74, 6) is 5.19. The average molecular weight is 321 g/mol. The van der Waals surface area contributed by atoms with Crippen LogP contribution in [-0.2, 0) is 0 Å². The van der Waals surface area contributed by atoms with E-state index >= 15 is 0 Å². The van der Waals surface area contributed by atoms with Gasteiger partial charge in [0, 0.05) is 21.9 Å². The number of halogens is 3. The van der Waals surface area contributed by atoms with Gasteiger partial charge in [0.1, 0.15) is 5.82 Å². The van der Waals surface area contributed by atoms with Crippen LogP contribution < -0.4 is 5.73 Å². The van der Waals surface area contributed by atoms with Gasteiger partial charge in [-0.1, -0.05) is 27.8 Å². The standard InChI is InChI=1S/C10H8Br2FN/c11-7-5-9(12)8(10(13)6-7)3-1-2-4-14/h5-6H,2,4,14H2. The number of nitrogens with two attached hydrogens (primary N) is 1. The Bertz CT molecular complexity index is 370. The molecule has 4 heteroatoms. The summed E-state index contributed by atoms with van der Waals surface area (Å²) in [6, 6.07) is 3.15. The van der Waals surface area contributed by atoms with Crippen molar-refractivity contribution in [2.24, 2.45) is 5.73 Å². The first-order valence-electron chi connectivity index (χ1n) is 3.98. The van der Waals surface area contributed by atoms with Gasteiger partial charge >= 0.3 is 0 Å². The van der Waals surface area contributed by atoms with Crippen molar-refractivity contribution in [1.29, 1.82) is 0 Å². The smallest absolute Gasteiger partial charge is 0.141 e. The van der Waals surface area contributed by atoms with Crippen LogP contribution in [0.4, 0.5) is 4.39 Å². The molecule has 1 aromatic rings. The lowest BCUT2D eigenvalue weighted by molar-refractivity contribution is 0.622. The van der Waals surface area contributed by atoms with Gasteiger partial charge in [-0.25, -0.2) is 4.39 Å². The van der Waals surface area contributed by atoms with Crippen LogP contribution in [0.25, 0.3) is 0 Å². The third-order valence-corrected chi connectivity index (χ3v) is 2.57. The van der Waals surface area contributed by atoms with Crippen LogP contribution >= 0.6 is 31.9 Å². The lowest BCUT2D eigenvalue weighted by Gasteiger charge is -1.99. The van der Waals surface area contributed by atoms with Crippen molar-refractivity contribution >= 4 is 31.9 Å². The van der Waals surface area contributed by atoms with Gasteiger partial charge in [0.2, 0.25) is 0 Å². The fraction of sp³-hybridized carbons (Fsp3) is 0.200. The summed E-state index contributed by atoms with van der Waals surface area (Å²) in [6.07, 6.45) is 0.571. The molecule has 14 heavy (non-hydrogen) atoms. The Kier molecular flexibility index (Phi) is 4.59. The summed E-state index contributed by atoms with van der Waals surface area (Å²) < 4.78 is 14.7. The van der Waals surface area contributed by atoms with Crippen molar-refractivity contribution in [1.82, 2.24) is 0 Å². The van der Waals surface area contributed by atoms with E-state index in [1.165, 1.54) is 6.07 Å². The maximum Gasteiger partial charge on any atom is 0.141 e. The van der Waals surface area contributed by atoms with E-state index in [4.69, 9.17) is 5.73 Å². The molecule has 0 saturated carbocycles. The highest BCUT2D eigenvalue weighted by atomic mass is 79.9. The Labute approximate surface area is 99.1 Å². The second-order valence-corrected chi connectivity index (χ2v) is 4.35. The zero-order valence-corrected chi connectivity index (χ0v) is 10.5. The van der Waals surface area contributed by atoms with Crippen LogP contribution in [0.3, 0.4) is 0 Å². The van der Waals surface area contributed by atoms with Crippen LogP contribution in [0.1, 0.15) is 12.0 Å². The molecule has 0 spiro atoms. The number of hydrogen-bond donors (Lipinski definition) is 1. The summed E-state index contributed by atoms with van der Waals surface area (Å²) in [5, 5.41) is 0. The molecule has 0 amide bonds. The highest BCUT2D eigenvalue weighted by molar-refractivity contribution is 9.11. The van der Waals surface area contributed by atoms with Crippen LogP contribution in [0.15, 0.2) is 21.1 Å². The minimum atomic E-state index is -0.337. The van der Waals surface area contributed by atoms with Gasteiger partial charge in [-0.3, -0.25) is 0 Å². The number of benzene rings is 1. The molecule has 1 nitrogen and oxygen atoms in total. The molecule has 1 rings (SSSR count). The summed E-state index contributed by atoms with van der Waals surface area (Å²) in [5.41, 5.74) is 5.65. The van der Waals surface area contributed by atoms with E-state index in [1.54, 1.807) is 6.07 Å². The number of rotatable bonds is 1. The molecular formula is C10H8Br2FN. The van der Waals surface area contributed by atoms with Gasteiger partial charge in [-0.15, -0.1) is 0 Å². The Hall–Kier alpha value is -0.370. The molecule has 0 aliphatic rings. The molecule has 0 bridgehead atoms. The lowest BCUT2D eigenvalue weighted by Crippen LogP contribution is -1.95. The Morgan fingerprint density at radius 3 is 2.64 bits per heavy atom. The highest BCUT2D eigenvalue weighted by Crippen LogP contribution is 2.24. The van der Waals surface area contributed by atoms with Gasteiger partial charge in [0.15, 0.2) is 0 Å². The van der Waals surface area contributed by atoms with Gasteiger partial charge in [-0.05, 0) is 28.1 Å². The normalized spacial score (nSPS) is 9.43. The van der Waals surface area contributed by atoms with Crippen molar-refractivity contribution in [2.75, 3.05) is 6.54 Å². The van der Waals surface area contributed by atoms with Crippen molar-refractivity contribution < 1.29 is 4.39 Å². The maximum absolute atomic E-state index is 13.3. The van der Waals surface area contributed by atoms with Gasteiger partial charge in [-0.2, -0.15) is 0 Å². The largest absolute Gasteiger partial charge is 0.330 e. The summed E-state index contributed by atoms with van der Waals surface area (Å²) in [4.78, 5) is 0. The minimum absolute atomic E-state index is 0.337.